The molecule has 2 nitrogen and oxygen atoms in total. The van der Waals surface area contributed by atoms with Crippen LogP contribution >= 0.6 is 27.5 Å². The van der Waals surface area contributed by atoms with Crippen molar-refractivity contribution in [2.24, 2.45) is 0 Å². The van der Waals surface area contributed by atoms with E-state index >= 15 is 0 Å². The number of benzene rings is 4. The van der Waals surface area contributed by atoms with Gasteiger partial charge in [-0.3, -0.25) is 0 Å². The molecule has 4 heteroatoms. The Morgan fingerprint density at radius 1 is 0.793 bits per heavy atom. The van der Waals surface area contributed by atoms with E-state index in [1.165, 1.54) is 5.39 Å². The second kappa shape index (κ2) is 9.00. The van der Waals surface area contributed by atoms with Gasteiger partial charge in [0.25, 0.3) is 0 Å². The van der Waals surface area contributed by atoms with Gasteiger partial charge in [0.05, 0.1) is 12.1 Å². The quantitative estimate of drug-likeness (QED) is 0.308. The van der Waals surface area contributed by atoms with Crippen LogP contribution in [0.25, 0.3) is 10.8 Å². The summed E-state index contributed by atoms with van der Waals surface area (Å²) in [5.41, 5.74) is 2.95. The average Bonchev–Trinajstić information content (AvgIpc) is 2.73. The van der Waals surface area contributed by atoms with Crippen LogP contribution in [0.5, 0.6) is 0 Å². The fourth-order valence-corrected chi connectivity index (χ4v) is 3.98. The molecule has 0 aromatic heterocycles. The van der Waals surface area contributed by atoms with Crippen molar-refractivity contribution in [1.82, 2.24) is 0 Å². The number of aliphatic hydroxyl groups is 1. The van der Waals surface area contributed by atoms with Crippen molar-refractivity contribution < 1.29 is 5.11 Å². The average molecular weight is 467 g/mol. The van der Waals surface area contributed by atoms with Crippen LogP contribution in [0.15, 0.2) is 95.5 Å². The summed E-state index contributed by atoms with van der Waals surface area (Å²) in [6, 6.07) is 30.1. The van der Waals surface area contributed by atoms with Crippen LogP contribution in [0.3, 0.4) is 0 Å². The fourth-order valence-electron chi connectivity index (χ4n) is 3.53. The van der Waals surface area contributed by atoms with E-state index in [-0.39, 0.29) is 6.04 Å². The van der Waals surface area contributed by atoms with E-state index in [9.17, 15) is 5.11 Å². The van der Waals surface area contributed by atoms with Crippen LogP contribution in [-0.4, -0.2) is 5.11 Å². The summed E-state index contributed by atoms with van der Waals surface area (Å²) < 4.78 is 1.03. The van der Waals surface area contributed by atoms with Gasteiger partial charge in [-0.2, -0.15) is 0 Å². The zero-order chi connectivity index (χ0) is 20.2. The molecular weight excluding hydrogens is 446 g/mol. The lowest BCUT2D eigenvalue weighted by molar-refractivity contribution is 0.161. The maximum Gasteiger partial charge on any atom is 0.0813 e. The van der Waals surface area contributed by atoms with Crippen LogP contribution in [0, 0.1) is 0 Å². The number of hydrogen-bond acceptors (Lipinski definition) is 2. The molecule has 0 amide bonds. The molecule has 4 aromatic rings. The number of aliphatic hydroxyl groups excluding tert-OH is 1. The Balaban J connectivity index is 1.61. The van der Waals surface area contributed by atoms with Crippen LogP contribution in [0.4, 0.5) is 5.69 Å². The summed E-state index contributed by atoms with van der Waals surface area (Å²) in [6.07, 6.45) is -0.0631. The molecule has 0 aliphatic heterocycles. The third kappa shape index (κ3) is 4.99. The molecule has 2 N–H and O–H groups in total. The van der Waals surface area contributed by atoms with Gasteiger partial charge in [0.2, 0.25) is 0 Å². The van der Waals surface area contributed by atoms with Crippen LogP contribution < -0.4 is 5.32 Å². The van der Waals surface area contributed by atoms with Gasteiger partial charge in [0, 0.05) is 21.6 Å². The predicted molar refractivity (Wildman–Crippen MR) is 125 cm³/mol. The molecule has 0 aliphatic rings. The largest absolute Gasteiger partial charge is 0.388 e. The molecule has 0 radical (unpaired) electrons. The molecule has 0 saturated carbocycles. The first-order valence-corrected chi connectivity index (χ1v) is 10.7. The van der Waals surface area contributed by atoms with Gasteiger partial charge in [-0.25, -0.2) is 0 Å². The summed E-state index contributed by atoms with van der Waals surface area (Å²) in [6.45, 7) is 0. The van der Waals surface area contributed by atoms with E-state index in [2.05, 4.69) is 57.6 Å². The first kappa shape index (κ1) is 20.0. The second-order valence-corrected chi connectivity index (χ2v) is 8.47. The van der Waals surface area contributed by atoms with Crippen LogP contribution in [-0.2, 0) is 0 Å². The molecule has 0 fully saturated rings. The van der Waals surface area contributed by atoms with Crippen molar-refractivity contribution in [3.63, 3.8) is 0 Å². The van der Waals surface area contributed by atoms with Gasteiger partial charge >= 0.3 is 0 Å². The minimum atomic E-state index is -0.597. The van der Waals surface area contributed by atoms with Crippen molar-refractivity contribution in [2.75, 3.05) is 5.32 Å². The number of fused-ring (bicyclic) bond motifs is 1. The van der Waals surface area contributed by atoms with Gasteiger partial charge in [-0.05, 0) is 58.3 Å². The normalized spacial score (nSPS) is 13.2. The third-order valence-corrected chi connectivity index (χ3v) is 5.82. The minimum absolute atomic E-state index is 0.0666. The Labute approximate surface area is 184 Å². The zero-order valence-electron chi connectivity index (χ0n) is 15.7. The first-order chi connectivity index (χ1) is 14.1. The molecular formula is C25H21BrClNO. The SMILES string of the molecule is OC(CC(Nc1cccc(Cl)c1)c1ccc(Br)cc1)c1ccc2ccccc2c1. The molecule has 4 rings (SSSR count). The summed E-state index contributed by atoms with van der Waals surface area (Å²) in [5, 5.41) is 17.5. The molecule has 29 heavy (non-hydrogen) atoms. The fraction of sp³-hybridized carbons (Fsp3) is 0.120. The minimum Gasteiger partial charge on any atom is -0.388 e. The smallest absolute Gasteiger partial charge is 0.0813 e. The van der Waals surface area contributed by atoms with Gasteiger partial charge in [0.15, 0.2) is 0 Å². The highest BCUT2D eigenvalue weighted by atomic mass is 79.9. The summed E-state index contributed by atoms with van der Waals surface area (Å²) in [5.74, 6) is 0. The summed E-state index contributed by atoms with van der Waals surface area (Å²) in [4.78, 5) is 0. The lowest BCUT2D eigenvalue weighted by Gasteiger charge is -2.24. The lowest BCUT2D eigenvalue weighted by Crippen LogP contribution is -2.15. The molecule has 0 heterocycles. The highest BCUT2D eigenvalue weighted by Gasteiger charge is 2.18. The Morgan fingerprint density at radius 3 is 2.28 bits per heavy atom. The molecule has 4 aromatic carbocycles. The van der Waals surface area contributed by atoms with E-state index in [0.717, 1.165) is 26.7 Å². The highest BCUT2D eigenvalue weighted by Crippen LogP contribution is 2.32. The summed E-state index contributed by atoms with van der Waals surface area (Å²) in [7, 11) is 0. The predicted octanol–water partition coefficient (Wildman–Crippen LogP) is 7.53. The number of anilines is 1. The van der Waals surface area contributed by atoms with Crippen molar-refractivity contribution in [1.29, 1.82) is 0 Å². The molecule has 146 valence electrons. The Kier molecular flexibility index (Phi) is 6.19. The number of rotatable bonds is 6. The highest BCUT2D eigenvalue weighted by molar-refractivity contribution is 9.10. The Bertz CT molecular complexity index is 1110. The molecule has 2 unspecified atom stereocenters. The maximum atomic E-state index is 11.0. The molecule has 0 spiro atoms. The summed E-state index contributed by atoms with van der Waals surface area (Å²) >= 11 is 9.65. The molecule has 0 bridgehead atoms. The van der Waals surface area contributed by atoms with E-state index < -0.39 is 6.10 Å². The topological polar surface area (TPSA) is 32.3 Å². The first-order valence-electron chi connectivity index (χ1n) is 9.53. The number of hydrogen-bond donors (Lipinski definition) is 2. The standard InChI is InChI=1S/C25H21BrClNO/c26-21-12-10-18(11-13-21)24(28-23-7-3-6-22(27)15-23)16-25(29)20-9-8-17-4-1-2-5-19(17)14-20/h1-15,24-25,28-29H,16H2. The van der Waals surface area contributed by atoms with E-state index in [0.29, 0.717) is 11.4 Å². The monoisotopic (exact) mass is 465 g/mol. The maximum absolute atomic E-state index is 11.0. The third-order valence-electron chi connectivity index (χ3n) is 5.06. The van der Waals surface area contributed by atoms with Crippen LogP contribution in [0.2, 0.25) is 5.02 Å². The van der Waals surface area contributed by atoms with E-state index in [4.69, 9.17) is 11.6 Å². The molecule has 0 aliphatic carbocycles. The van der Waals surface area contributed by atoms with Gasteiger partial charge in [-0.15, -0.1) is 0 Å². The van der Waals surface area contributed by atoms with Gasteiger partial charge < -0.3 is 10.4 Å². The van der Waals surface area contributed by atoms with Crippen molar-refractivity contribution in [2.45, 2.75) is 18.6 Å². The zero-order valence-corrected chi connectivity index (χ0v) is 18.1. The number of nitrogens with one attached hydrogen (secondary N) is 1. The Hall–Kier alpha value is -2.33. The molecule has 0 saturated heterocycles. The van der Waals surface area contributed by atoms with Crippen LogP contribution in [0.1, 0.15) is 29.7 Å². The second-order valence-electron chi connectivity index (χ2n) is 7.12. The molecule has 2 atom stereocenters. The van der Waals surface area contributed by atoms with Gasteiger partial charge in [0.1, 0.15) is 0 Å². The van der Waals surface area contributed by atoms with E-state index in [1.807, 2.05) is 54.6 Å². The number of halogens is 2. The van der Waals surface area contributed by atoms with Crippen molar-refractivity contribution >= 4 is 44.0 Å². The van der Waals surface area contributed by atoms with E-state index in [1.54, 1.807) is 0 Å². The Morgan fingerprint density at radius 2 is 1.52 bits per heavy atom. The van der Waals surface area contributed by atoms with Gasteiger partial charge in [-0.1, -0.05) is 82.1 Å². The van der Waals surface area contributed by atoms with Crippen molar-refractivity contribution in [3.05, 3.63) is 112 Å². The lowest BCUT2D eigenvalue weighted by atomic mass is 9.95. The van der Waals surface area contributed by atoms with Crippen molar-refractivity contribution in [3.8, 4) is 0 Å².